The molecule has 1 heterocycles. The van der Waals surface area contributed by atoms with Crippen LogP contribution in [0.2, 0.25) is 0 Å². The molecule has 0 aromatic heterocycles. The highest BCUT2D eigenvalue weighted by Gasteiger charge is 2.43. The lowest BCUT2D eigenvalue weighted by atomic mass is 10.1. The van der Waals surface area contributed by atoms with Crippen molar-refractivity contribution in [2.45, 2.75) is 39.7 Å². The third-order valence-corrected chi connectivity index (χ3v) is 5.66. The number of aryl methyl sites for hydroxylation is 3. The fourth-order valence-corrected chi connectivity index (χ4v) is 3.87. The fraction of sp³-hybridized carbons (Fsp3) is 0.292. The van der Waals surface area contributed by atoms with Gasteiger partial charge in [0.1, 0.15) is 6.04 Å². The van der Waals surface area contributed by atoms with E-state index in [4.69, 9.17) is 12.2 Å². The van der Waals surface area contributed by atoms with Gasteiger partial charge in [0.05, 0.1) is 12.1 Å². The lowest BCUT2D eigenvalue weighted by Crippen LogP contribution is -2.47. The van der Waals surface area contributed by atoms with Crippen molar-refractivity contribution in [3.05, 3.63) is 71.8 Å². The number of hydrogen-bond acceptors (Lipinski definition) is 3. The van der Waals surface area contributed by atoms with Crippen LogP contribution in [0.1, 0.15) is 30.0 Å². The van der Waals surface area contributed by atoms with Crippen molar-refractivity contribution < 1.29 is 9.59 Å². The topological polar surface area (TPSA) is 52.7 Å². The highest BCUT2D eigenvalue weighted by molar-refractivity contribution is 7.80. The van der Waals surface area contributed by atoms with Gasteiger partial charge < -0.3 is 10.2 Å². The third kappa shape index (κ3) is 4.44. The summed E-state index contributed by atoms with van der Waals surface area (Å²) in [5.41, 5.74) is 4.79. The minimum Gasteiger partial charge on any atom is -0.333 e. The first kappa shape index (κ1) is 21.7. The minimum atomic E-state index is -0.661. The Bertz CT molecular complexity index is 984. The van der Waals surface area contributed by atoms with Crippen molar-refractivity contribution in [1.82, 2.24) is 4.90 Å². The molecule has 0 saturated carbocycles. The van der Waals surface area contributed by atoms with Gasteiger partial charge in [0.15, 0.2) is 5.11 Å². The smallest absolute Gasteiger partial charge is 0.257 e. The number of anilines is 2. The van der Waals surface area contributed by atoms with Gasteiger partial charge in [0, 0.05) is 12.2 Å². The minimum absolute atomic E-state index is 0.0802. The highest BCUT2D eigenvalue weighted by atomic mass is 32.1. The van der Waals surface area contributed by atoms with Crippen LogP contribution in [0.5, 0.6) is 0 Å². The lowest BCUT2D eigenvalue weighted by Gasteiger charge is -2.29. The summed E-state index contributed by atoms with van der Waals surface area (Å²) in [6.07, 6.45) is 2.67. The van der Waals surface area contributed by atoms with Crippen LogP contribution >= 0.6 is 12.2 Å². The Kier molecular flexibility index (Phi) is 6.67. The standard InChI is InChI=1S/C24H27N3O2S/c1-5-13-26(24(30)25-20-14-16(3)7-8-17(20)4)21-15-22(28)27(23(21)29)19-11-9-18(6-2)10-12-19/h5,7-12,14,21H,1,6,13,15H2,2-4H3,(H,25,30)/t21-/m1/s1. The van der Waals surface area contributed by atoms with Gasteiger partial charge in [-0.05, 0) is 67.4 Å². The van der Waals surface area contributed by atoms with E-state index in [0.29, 0.717) is 17.3 Å². The number of nitrogens with one attached hydrogen (secondary N) is 1. The number of amides is 2. The molecule has 30 heavy (non-hydrogen) atoms. The largest absolute Gasteiger partial charge is 0.333 e. The summed E-state index contributed by atoms with van der Waals surface area (Å²) in [5, 5.41) is 3.65. The fourth-order valence-electron chi connectivity index (χ4n) is 3.56. The molecule has 6 heteroatoms. The molecule has 1 saturated heterocycles. The van der Waals surface area contributed by atoms with E-state index in [1.165, 1.54) is 4.90 Å². The molecule has 0 radical (unpaired) electrons. The SMILES string of the molecule is C=CCN(C(=S)Nc1cc(C)ccc1C)[C@@H]1CC(=O)N(c2ccc(CC)cc2)C1=O. The van der Waals surface area contributed by atoms with E-state index in [-0.39, 0.29) is 18.2 Å². The zero-order valence-electron chi connectivity index (χ0n) is 17.6. The van der Waals surface area contributed by atoms with Gasteiger partial charge in [-0.2, -0.15) is 0 Å². The van der Waals surface area contributed by atoms with Crippen molar-refractivity contribution in [1.29, 1.82) is 0 Å². The van der Waals surface area contributed by atoms with E-state index in [1.807, 2.05) is 56.3 Å². The Balaban J connectivity index is 1.83. The Morgan fingerprint density at radius 1 is 1.23 bits per heavy atom. The van der Waals surface area contributed by atoms with Crippen molar-refractivity contribution in [3.8, 4) is 0 Å². The van der Waals surface area contributed by atoms with Crippen LogP contribution in [-0.2, 0) is 16.0 Å². The van der Waals surface area contributed by atoms with Gasteiger partial charge in [-0.25, -0.2) is 4.90 Å². The number of thiocarbonyl (C=S) groups is 1. The zero-order valence-corrected chi connectivity index (χ0v) is 18.5. The Labute approximate surface area is 183 Å². The summed E-state index contributed by atoms with van der Waals surface area (Å²) in [6.45, 7) is 10.2. The predicted molar refractivity (Wildman–Crippen MR) is 126 cm³/mol. The Morgan fingerprint density at radius 2 is 1.93 bits per heavy atom. The van der Waals surface area contributed by atoms with Gasteiger partial charge >= 0.3 is 0 Å². The van der Waals surface area contributed by atoms with Crippen molar-refractivity contribution >= 4 is 40.5 Å². The van der Waals surface area contributed by atoms with Gasteiger partial charge in [-0.1, -0.05) is 37.3 Å². The quantitative estimate of drug-likeness (QED) is 0.426. The predicted octanol–water partition coefficient (Wildman–Crippen LogP) is 4.38. The first-order valence-corrected chi connectivity index (χ1v) is 10.5. The number of hydrogen-bond donors (Lipinski definition) is 1. The van der Waals surface area contributed by atoms with E-state index in [1.54, 1.807) is 11.0 Å². The molecule has 1 fully saturated rings. The number of rotatable bonds is 6. The van der Waals surface area contributed by atoms with Crippen molar-refractivity contribution in [3.63, 3.8) is 0 Å². The molecule has 2 aromatic rings. The van der Waals surface area contributed by atoms with Gasteiger partial charge in [0.2, 0.25) is 5.91 Å². The molecule has 156 valence electrons. The number of nitrogens with zero attached hydrogens (tertiary/aromatic N) is 2. The maximum Gasteiger partial charge on any atom is 0.257 e. The summed E-state index contributed by atoms with van der Waals surface area (Å²) < 4.78 is 0. The zero-order chi connectivity index (χ0) is 21.8. The van der Waals surface area contributed by atoms with Crippen LogP contribution in [-0.4, -0.2) is 34.4 Å². The monoisotopic (exact) mass is 421 g/mol. The number of benzene rings is 2. The van der Waals surface area contributed by atoms with E-state index in [2.05, 4.69) is 18.8 Å². The lowest BCUT2D eigenvalue weighted by molar-refractivity contribution is -0.122. The molecule has 0 aliphatic carbocycles. The summed E-state index contributed by atoms with van der Waals surface area (Å²) >= 11 is 5.63. The number of carbonyl (C=O) groups is 2. The number of carbonyl (C=O) groups excluding carboxylic acids is 2. The maximum atomic E-state index is 13.2. The second kappa shape index (κ2) is 9.22. The average molecular weight is 422 g/mol. The van der Waals surface area contributed by atoms with Crippen molar-refractivity contribution in [2.75, 3.05) is 16.8 Å². The second-order valence-electron chi connectivity index (χ2n) is 7.50. The summed E-state index contributed by atoms with van der Waals surface area (Å²) in [7, 11) is 0. The molecule has 5 nitrogen and oxygen atoms in total. The highest BCUT2D eigenvalue weighted by Crippen LogP contribution is 2.27. The van der Waals surface area contributed by atoms with Crippen LogP contribution in [0.25, 0.3) is 0 Å². The molecule has 0 unspecified atom stereocenters. The van der Waals surface area contributed by atoms with Gasteiger partial charge in [0.25, 0.3) is 5.91 Å². The van der Waals surface area contributed by atoms with Gasteiger partial charge in [-0.3, -0.25) is 9.59 Å². The van der Waals surface area contributed by atoms with Crippen LogP contribution in [0, 0.1) is 13.8 Å². The summed E-state index contributed by atoms with van der Waals surface area (Å²) in [6, 6.07) is 12.9. The molecule has 2 aromatic carbocycles. The van der Waals surface area contributed by atoms with Gasteiger partial charge in [-0.15, -0.1) is 6.58 Å². The molecular formula is C24H27N3O2S. The van der Waals surface area contributed by atoms with Crippen molar-refractivity contribution in [2.24, 2.45) is 0 Å². The van der Waals surface area contributed by atoms with Crippen LogP contribution < -0.4 is 10.2 Å². The molecule has 3 rings (SSSR count). The normalized spacial score (nSPS) is 16.0. The maximum absolute atomic E-state index is 13.2. The van der Waals surface area contributed by atoms with Crippen LogP contribution in [0.15, 0.2) is 55.1 Å². The molecule has 0 bridgehead atoms. The molecular weight excluding hydrogens is 394 g/mol. The average Bonchev–Trinajstić information content (AvgIpc) is 3.02. The van der Waals surface area contributed by atoms with E-state index < -0.39 is 6.04 Å². The first-order chi connectivity index (χ1) is 14.3. The molecule has 1 N–H and O–H groups in total. The molecule has 2 amide bonds. The Hall–Kier alpha value is -2.99. The number of imide groups is 1. The third-order valence-electron chi connectivity index (χ3n) is 5.32. The van der Waals surface area contributed by atoms with E-state index >= 15 is 0 Å². The Morgan fingerprint density at radius 3 is 2.57 bits per heavy atom. The molecule has 1 atom stereocenters. The summed E-state index contributed by atoms with van der Waals surface area (Å²) in [4.78, 5) is 28.9. The van der Waals surface area contributed by atoms with E-state index in [9.17, 15) is 9.59 Å². The summed E-state index contributed by atoms with van der Waals surface area (Å²) in [5.74, 6) is -0.492. The first-order valence-electron chi connectivity index (χ1n) is 10.1. The molecule has 1 aliphatic heterocycles. The second-order valence-corrected chi connectivity index (χ2v) is 7.88. The molecule has 1 aliphatic rings. The molecule has 0 spiro atoms. The van der Waals surface area contributed by atoms with Crippen LogP contribution in [0.4, 0.5) is 11.4 Å². The van der Waals surface area contributed by atoms with Crippen LogP contribution in [0.3, 0.4) is 0 Å². The van der Waals surface area contributed by atoms with E-state index in [0.717, 1.165) is 28.8 Å².